The van der Waals surface area contributed by atoms with Gasteiger partial charge in [0.05, 0.1) is 29.3 Å². The molecule has 0 N–H and O–H groups in total. The number of carbonyl (C=O) groups excluding carboxylic acids is 2. The number of fused-ring (bicyclic) bond motifs is 1. The summed E-state index contributed by atoms with van der Waals surface area (Å²) >= 11 is 6.24. The van der Waals surface area contributed by atoms with Crippen molar-refractivity contribution in [3.8, 4) is 0 Å². The molecule has 6 heteroatoms. The number of nitrogens with zero attached hydrogens (tertiary/aromatic N) is 2. The van der Waals surface area contributed by atoms with Gasteiger partial charge in [-0.15, -0.1) is 0 Å². The highest BCUT2D eigenvalue weighted by Crippen LogP contribution is 2.35. The van der Waals surface area contributed by atoms with Crippen LogP contribution >= 0.6 is 11.6 Å². The topological polar surface area (TPSA) is 59.0 Å². The molecular weight excluding hydrogens is 352 g/mol. The number of ether oxygens (including phenoxy) is 1. The molecule has 3 rings (SSSR count). The maximum atomic E-state index is 13.1. The molecule has 2 aromatic carbocycles. The Kier molecular flexibility index (Phi) is 5.49. The van der Waals surface area contributed by atoms with Crippen LogP contribution in [-0.2, 0) is 9.53 Å². The van der Waals surface area contributed by atoms with E-state index in [1.165, 1.54) is 0 Å². The van der Waals surface area contributed by atoms with E-state index in [1.54, 1.807) is 55.8 Å². The second-order valence-corrected chi connectivity index (χ2v) is 6.50. The van der Waals surface area contributed by atoms with Crippen LogP contribution in [0.2, 0.25) is 5.02 Å². The van der Waals surface area contributed by atoms with Crippen molar-refractivity contribution in [1.29, 1.82) is 0 Å². The molecule has 0 aliphatic carbocycles. The van der Waals surface area contributed by atoms with Crippen LogP contribution in [0.3, 0.4) is 0 Å². The Balaban J connectivity index is 2.07. The Morgan fingerprint density at radius 2 is 1.88 bits per heavy atom. The maximum absolute atomic E-state index is 13.1. The lowest BCUT2D eigenvalue weighted by Crippen LogP contribution is -2.45. The number of aliphatic imine (C=N–C) groups is 1. The molecule has 134 valence electrons. The van der Waals surface area contributed by atoms with Gasteiger partial charge in [0, 0.05) is 18.9 Å². The predicted molar refractivity (Wildman–Crippen MR) is 102 cm³/mol. The van der Waals surface area contributed by atoms with E-state index in [0.29, 0.717) is 28.4 Å². The number of carbonyl (C=O) groups is 2. The molecule has 1 heterocycles. The Morgan fingerprint density at radius 3 is 2.62 bits per heavy atom. The van der Waals surface area contributed by atoms with Crippen LogP contribution in [0.5, 0.6) is 0 Å². The normalized spacial score (nSPS) is 18.3. The van der Waals surface area contributed by atoms with Gasteiger partial charge in [0.15, 0.2) is 0 Å². The highest BCUT2D eigenvalue weighted by Gasteiger charge is 2.39. The monoisotopic (exact) mass is 370 g/mol. The smallest absolute Gasteiger partial charge is 0.265 e. The van der Waals surface area contributed by atoms with Crippen LogP contribution in [0, 0.1) is 0 Å². The minimum atomic E-state index is -0.653. The molecule has 26 heavy (non-hydrogen) atoms. The van der Waals surface area contributed by atoms with E-state index in [-0.39, 0.29) is 17.9 Å². The molecule has 0 aromatic heterocycles. The van der Waals surface area contributed by atoms with Crippen molar-refractivity contribution in [1.82, 2.24) is 0 Å². The fourth-order valence-electron chi connectivity index (χ4n) is 2.98. The van der Waals surface area contributed by atoms with Crippen LogP contribution in [0.1, 0.15) is 28.8 Å². The lowest BCUT2D eigenvalue weighted by molar-refractivity contribution is -0.118. The number of amides is 2. The average Bonchev–Trinajstić information content (AvgIpc) is 2.63. The van der Waals surface area contributed by atoms with E-state index in [0.717, 1.165) is 4.90 Å². The van der Waals surface area contributed by atoms with Gasteiger partial charge >= 0.3 is 0 Å². The number of rotatable bonds is 5. The van der Waals surface area contributed by atoms with Crippen LogP contribution < -0.4 is 4.90 Å². The van der Waals surface area contributed by atoms with Gasteiger partial charge < -0.3 is 4.74 Å². The summed E-state index contributed by atoms with van der Waals surface area (Å²) in [6.45, 7) is 2.35. The quantitative estimate of drug-likeness (QED) is 0.595. The van der Waals surface area contributed by atoms with Crippen molar-refractivity contribution in [3.63, 3.8) is 0 Å². The number of halogens is 1. The minimum Gasteiger partial charge on any atom is -0.382 e. The Hall–Kier alpha value is -2.50. The van der Waals surface area contributed by atoms with Gasteiger partial charge in [-0.1, -0.05) is 41.9 Å². The van der Waals surface area contributed by atoms with Crippen molar-refractivity contribution in [3.05, 3.63) is 64.7 Å². The highest BCUT2D eigenvalue weighted by atomic mass is 35.5. The van der Waals surface area contributed by atoms with E-state index in [9.17, 15) is 9.59 Å². The molecule has 0 fully saturated rings. The van der Waals surface area contributed by atoms with Crippen LogP contribution in [-0.4, -0.2) is 37.8 Å². The zero-order valence-electron chi connectivity index (χ0n) is 14.6. The number of para-hydroxylation sites is 1. The number of methoxy groups -OCH3 is 1. The second-order valence-electron chi connectivity index (χ2n) is 6.10. The molecule has 0 spiro atoms. The van der Waals surface area contributed by atoms with Gasteiger partial charge in [0.25, 0.3) is 5.91 Å². The molecule has 0 bridgehead atoms. The number of imide groups is 1. The molecule has 1 aliphatic heterocycles. The van der Waals surface area contributed by atoms with E-state index in [2.05, 4.69) is 4.99 Å². The Morgan fingerprint density at radius 1 is 1.19 bits per heavy atom. The van der Waals surface area contributed by atoms with Gasteiger partial charge in [-0.25, -0.2) is 4.90 Å². The van der Waals surface area contributed by atoms with Crippen molar-refractivity contribution in [2.24, 2.45) is 4.99 Å². The largest absolute Gasteiger partial charge is 0.382 e. The second kappa shape index (κ2) is 7.81. The minimum absolute atomic E-state index is 0.0913. The van der Waals surface area contributed by atoms with Crippen LogP contribution in [0.15, 0.2) is 53.5 Å². The van der Waals surface area contributed by atoms with Gasteiger partial charge in [-0.2, -0.15) is 0 Å². The molecule has 2 atom stereocenters. The molecule has 0 radical (unpaired) electrons. The molecular formula is C20H19ClN2O3. The third-order valence-corrected chi connectivity index (χ3v) is 4.53. The maximum Gasteiger partial charge on any atom is 0.265 e. The first-order valence-corrected chi connectivity index (χ1v) is 8.66. The standard InChI is InChI=1S/C20H19ClN2O3/c1-13(12-26-2)22-11-16-14-7-3-4-8-15(14)19(24)23(20(16)25)18-10-6-5-9-17(18)21/h3-11,13,16H,12H2,1-2H3/t13-,16?/m0/s1. The van der Waals surface area contributed by atoms with E-state index in [1.807, 2.05) is 13.0 Å². The molecule has 5 nitrogen and oxygen atoms in total. The van der Waals surface area contributed by atoms with Crippen molar-refractivity contribution in [2.45, 2.75) is 18.9 Å². The number of hydrogen-bond donors (Lipinski definition) is 0. The van der Waals surface area contributed by atoms with Gasteiger partial charge in [0.1, 0.15) is 0 Å². The van der Waals surface area contributed by atoms with E-state index in [4.69, 9.17) is 16.3 Å². The zero-order chi connectivity index (χ0) is 18.7. The van der Waals surface area contributed by atoms with Gasteiger partial charge in [-0.05, 0) is 30.7 Å². The Labute approximate surface area is 157 Å². The van der Waals surface area contributed by atoms with Gasteiger partial charge in [-0.3, -0.25) is 14.6 Å². The summed E-state index contributed by atoms with van der Waals surface area (Å²) in [6, 6.07) is 13.8. The highest BCUT2D eigenvalue weighted by molar-refractivity contribution is 6.37. The number of benzene rings is 2. The molecule has 1 unspecified atom stereocenters. The fraction of sp³-hybridized carbons (Fsp3) is 0.250. The summed E-state index contributed by atoms with van der Waals surface area (Å²) in [5.74, 6) is -1.40. The molecule has 0 saturated carbocycles. The molecule has 1 aliphatic rings. The van der Waals surface area contributed by atoms with Crippen LogP contribution in [0.25, 0.3) is 0 Å². The van der Waals surface area contributed by atoms with Crippen molar-refractivity contribution >= 4 is 35.3 Å². The fourth-order valence-corrected chi connectivity index (χ4v) is 3.20. The predicted octanol–water partition coefficient (Wildman–Crippen LogP) is 3.72. The summed E-state index contributed by atoms with van der Waals surface area (Å²) in [6.07, 6.45) is 1.60. The number of anilines is 1. The SMILES string of the molecule is COC[C@H](C)N=CC1C(=O)N(c2ccccc2Cl)C(=O)c2ccccc21. The van der Waals surface area contributed by atoms with Crippen LogP contribution in [0.4, 0.5) is 5.69 Å². The summed E-state index contributed by atoms with van der Waals surface area (Å²) in [5, 5.41) is 0.344. The molecule has 2 amide bonds. The lowest BCUT2D eigenvalue weighted by atomic mass is 9.89. The van der Waals surface area contributed by atoms with Gasteiger partial charge in [0.2, 0.25) is 5.91 Å². The zero-order valence-corrected chi connectivity index (χ0v) is 15.3. The summed E-state index contributed by atoms with van der Waals surface area (Å²) in [5.41, 5.74) is 1.50. The summed E-state index contributed by atoms with van der Waals surface area (Å²) in [4.78, 5) is 31.7. The van der Waals surface area contributed by atoms with E-state index < -0.39 is 5.92 Å². The van der Waals surface area contributed by atoms with E-state index >= 15 is 0 Å². The Bertz CT molecular complexity index is 866. The number of hydrogen-bond acceptors (Lipinski definition) is 4. The lowest BCUT2D eigenvalue weighted by Gasteiger charge is -2.31. The summed E-state index contributed by atoms with van der Waals surface area (Å²) in [7, 11) is 1.60. The first kappa shape index (κ1) is 18.3. The molecule has 0 saturated heterocycles. The first-order chi connectivity index (χ1) is 12.5. The molecule has 2 aromatic rings. The average molecular weight is 371 g/mol. The third-order valence-electron chi connectivity index (χ3n) is 4.21. The first-order valence-electron chi connectivity index (χ1n) is 8.28. The summed E-state index contributed by atoms with van der Waals surface area (Å²) < 4.78 is 5.08. The third kappa shape index (κ3) is 3.41. The van der Waals surface area contributed by atoms with Crippen molar-refractivity contribution in [2.75, 3.05) is 18.6 Å². The van der Waals surface area contributed by atoms with Crippen molar-refractivity contribution < 1.29 is 14.3 Å².